The van der Waals surface area contributed by atoms with Gasteiger partial charge in [-0.25, -0.2) is 0 Å². The molecule has 1 aliphatic carbocycles. The van der Waals surface area contributed by atoms with Crippen molar-refractivity contribution in [3.05, 3.63) is 23.2 Å². The number of rotatable bonds is 4. The van der Waals surface area contributed by atoms with Crippen molar-refractivity contribution in [2.75, 3.05) is 24.6 Å². The number of amides is 1. The molecule has 1 aromatic carbocycles. The fourth-order valence-corrected chi connectivity index (χ4v) is 2.99. The van der Waals surface area contributed by atoms with Crippen LogP contribution in [0.1, 0.15) is 38.5 Å². The number of nitrogen functional groups attached to an aromatic ring is 1. The Morgan fingerprint density at radius 1 is 1.33 bits per heavy atom. The highest BCUT2D eigenvalue weighted by atomic mass is 35.5. The van der Waals surface area contributed by atoms with Crippen molar-refractivity contribution in [1.82, 2.24) is 4.90 Å². The molecule has 116 valence electrons. The molecule has 1 amide bonds. The lowest BCUT2D eigenvalue weighted by Gasteiger charge is -2.26. The van der Waals surface area contributed by atoms with Crippen LogP contribution in [-0.4, -0.2) is 30.4 Å². The number of anilines is 2. The molecule has 0 saturated heterocycles. The van der Waals surface area contributed by atoms with E-state index in [1.807, 2.05) is 7.05 Å². The fourth-order valence-electron chi connectivity index (χ4n) is 2.88. The second-order valence-electron chi connectivity index (χ2n) is 5.84. The van der Waals surface area contributed by atoms with Crippen molar-refractivity contribution in [2.45, 2.75) is 44.6 Å². The van der Waals surface area contributed by atoms with Crippen molar-refractivity contribution >= 4 is 28.9 Å². The van der Waals surface area contributed by atoms with Crippen LogP contribution >= 0.6 is 11.6 Å². The van der Waals surface area contributed by atoms with Gasteiger partial charge in [0.2, 0.25) is 5.91 Å². The van der Waals surface area contributed by atoms with Gasteiger partial charge in [0, 0.05) is 11.7 Å². The van der Waals surface area contributed by atoms with Gasteiger partial charge in [0.05, 0.1) is 17.3 Å². The minimum atomic E-state index is -0.0107. The predicted octanol–water partition coefficient (Wildman–Crippen LogP) is 3.52. The molecule has 5 heteroatoms. The van der Waals surface area contributed by atoms with Crippen LogP contribution in [0.4, 0.5) is 11.4 Å². The third kappa shape index (κ3) is 4.90. The first-order valence-corrected chi connectivity index (χ1v) is 7.99. The monoisotopic (exact) mass is 309 g/mol. The summed E-state index contributed by atoms with van der Waals surface area (Å²) in [6.45, 7) is 0.410. The molecule has 1 aliphatic rings. The number of hydrogen-bond acceptors (Lipinski definition) is 3. The molecule has 1 saturated carbocycles. The zero-order valence-corrected chi connectivity index (χ0v) is 13.3. The highest BCUT2D eigenvalue weighted by Gasteiger charge is 2.19. The van der Waals surface area contributed by atoms with Crippen LogP contribution in [0.15, 0.2) is 18.2 Å². The van der Waals surface area contributed by atoms with Crippen molar-refractivity contribution in [1.29, 1.82) is 0 Å². The van der Waals surface area contributed by atoms with Crippen LogP contribution in [0, 0.1) is 0 Å². The Morgan fingerprint density at radius 3 is 2.62 bits per heavy atom. The van der Waals surface area contributed by atoms with Crippen molar-refractivity contribution < 1.29 is 4.79 Å². The summed E-state index contributed by atoms with van der Waals surface area (Å²) in [6.07, 6.45) is 7.56. The lowest BCUT2D eigenvalue weighted by atomic mass is 10.1. The molecule has 0 aromatic heterocycles. The van der Waals surface area contributed by atoms with Crippen LogP contribution in [0.25, 0.3) is 0 Å². The average molecular weight is 310 g/mol. The van der Waals surface area contributed by atoms with E-state index in [1.54, 1.807) is 18.2 Å². The smallest absolute Gasteiger partial charge is 0.238 e. The first-order chi connectivity index (χ1) is 10.1. The highest BCUT2D eigenvalue weighted by Crippen LogP contribution is 2.23. The van der Waals surface area contributed by atoms with E-state index >= 15 is 0 Å². The summed E-state index contributed by atoms with van der Waals surface area (Å²) >= 11 is 5.87. The minimum Gasteiger partial charge on any atom is -0.397 e. The van der Waals surface area contributed by atoms with Gasteiger partial charge < -0.3 is 11.1 Å². The maximum atomic E-state index is 12.1. The number of nitrogens with one attached hydrogen (secondary N) is 1. The molecule has 1 aromatic rings. The van der Waals surface area contributed by atoms with E-state index in [1.165, 1.54) is 38.5 Å². The third-order valence-corrected chi connectivity index (χ3v) is 4.47. The Balaban J connectivity index is 1.86. The SMILES string of the molecule is CN(CC(=O)Nc1ccc(Cl)c(N)c1)C1CCCCCC1. The number of benzene rings is 1. The van der Waals surface area contributed by atoms with Crippen molar-refractivity contribution in [3.8, 4) is 0 Å². The van der Waals surface area contributed by atoms with Crippen LogP contribution in [0.2, 0.25) is 5.02 Å². The number of carbonyl (C=O) groups excluding carboxylic acids is 1. The molecule has 0 aliphatic heterocycles. The number of carbonyl (C=O) groups is 1. The van der Waals surface area contributed by atoms with Gasteiger partial charge in [0.15, 0.2) is 0 Å². The van der Waals surface area contributed by atoms with Crippen LogP contribution in [0.5, 0.6) is 0 Å². The molecule has 0 heterocycles. The molecule has 0 radical (unpaired) electrons. The van der Waals surface area contributed by atoms with E-state index in [9.17, 15) is 4.79 Å². The molecule has 21 heavy (non-hydrogen) atoms. The summed E-state index contributed by atoms with van der Waals surface area (Å²) in [5.41, 5.74) is 6.91. The fraction of sp³-hybridized carbons (Fsp3) is 0.562. The number of nitrogens with zero attached hydrogens (tertiary/aromatic N) is 1. The predicted molar refractivity (Wildman–Crippen MR) is 88.6 cm³/mol. The van der Waals surface area contributed by atoms with E-state index in [4.69, 9.17) is 17.3 Å². The molecular weight excluding hydrogens is 286 g/mol. The summed E-state index contributed by atoms with van der Waals surface area (Å²) in [6, 6.07) is 5.67. The third-order valence-electron chi connectivity index (χ3n) is 4.12. The molecule has 0 unspecified atom stereocenters. The first kappa shape index (κ1) is 16.1. The average Bonchev–Trinajstić information content (AvgIpc) is 2.72. The molecule has 0 bridgehead atoms. The number of nitrogens with two attached hydrogens (primary N) is 1. The molecule has 0 spiro atoms. The van der Waals surface area contributed by atoms with Gasteiger partial charge in [0.25, 0.3) is 0 Å². The molecule has 1 fully saturated rings. The van der Waals surface area contributed by atoms with E-state index in [0.717, 1.165) is 0 Å². The largest absolute Gasteiger partial charge is 0.397 e. The van der Waals surface area contributed by atoms with E-state index in [2.05, 4.69) is 10.2 Å². The maximum absolute atomic E-state index is 12.1. The highest BCUT2D eigenvalue weighted by molar-refractivity contribution is 6.33. The summed E-state index contributed by atoms with van der Waals surface area (Å²) in [5.74, 6) is -0.0107. The summed E-state index contributed by atoms with van der Waals surface area (Å²) in [5, 5.41) is 3.38. The molecule has 2 rings (SSSR count). The van der Waals surface area contributed by atoms with Gasteiger partial charge in [-0.15, -0.1) is 0 Å². The molecule has 0 atom stereocenters. The van der Waals surface area contributed by atoms with Crippen LogP contribution in [0.3, 0.4) is 0 Å². The van der Waals surface area contributed by atoms with Gasteiger partial charge in [-0.1, -0.05) is 37.3 Å². The molecule has 3 N–H and O–H groups in total. The summed E-state index contributed by atoms with van der Waals surface area (Å²) < 4.78 is 0. The van der Waals surface area contributed by atoms with Crippen LogP contribution in [-0.2, 0) is 4.79 Å². The van der Waals surface area contributed by atoms with Crippen molar-refractivity contribution in [3.63, 3.8) is 0 Å². The second-order valence-corrected chi connectivity index (χ2v) is 6.25. The number of hydrogen-bond donors (Lipinski definition) is 2. The quantitative estimate of drug-likeness (QED) is 0.661. The Hall–Kier alpha value is -1.26. The van der Waals surface area contributed by atoms with Gasteiger partial charge >= 0.3 is 0 Å². The van der Waals surface area contributed by atoms with Crippen LogP contribution < -0.4 is 11.1 Å². The number of likely N-dealkylation sites (N-methyl/N-ethyl adjacent to an activating group) is 1. The topological polar surface area (TPSA) is 58.4 Å². The second kappa shape index (κ2) is 7.66. The zero-order chi connectivity index (χ0) is 15.2. The molecular formula is C16H24ClN3O. The van der Waals surface area contributed by atoms with Gasteiger partial charge in [0.1, 0.15) is 0 Å². The Kier molecular flexibility index (Phi) is 5.88. The zero-order valence-electron chi connectivity index (χ0n) is 12.6. The van der Waals surface area contributed by atoms with Gasteiger partial charge in [-0.3, -0.25) is 9.69 Å². The van der Waals surface area contributed by atoms with E-state index in [0.29, 0.717) is 29.0 Å². The normalized spacial score (nSPS) is 16.7. The Morgan fingerprint density at radius 2 is 2.00 bits per heavy atom. The van der Waals surface area contributed by atoms with Crippen molar-refractivity contribution in [2.24, 2.45) is 0 Å². The maximum Gasteiger partial charge on any atom is 0.238 e. The van der Waals surface area contributed by atoms with E-state index < -0.39 is 0 Å². The lowest BCUT2D eigenvalue weighted by Crippen LogP contribution is -2.37. The number of halogens is 1. The standard InChI is InChI=1S/C16H24ClN3O/c1-20(13-6-4-2-3-5-7-13)11-16(21)19-12-8-9-14(17)15(18)10-12/h8-10,13H,2-7,11,18H2,1H3,(H,19,21). The van der Waals surface area contributed by atoms with Gasteiger partial charge in [-0.2, -0.15) is 0 Å². The minimum absolute atomic E-state index is 0.0107. The van der Waals surface area contributed by atoms with Gasteiger partial charge in [-0.05, 0) is 38.1 Å². The summed E-state index contributed by atoms with van der Waals surface area (Å²) in [4.78, 5) is 14.3. The Labute approximate surface area is 131 Å². The lowest BCUT2D eigenvalue weighted by molar-refractivity contribution is -0.117. The summed E-state index contributed by atoms with van der Waals surface area (Å²) in [7, 11) is 2.03. The van der Waals surface area contributed by atoms with E-state index in [-0.39, 0.29) is 5.91 Å². The Bertz CT molecular complexity index is 484. The molecule has 4 nitrogen and oxygen atoms in total. The first-order valence-electron chi connectivity index (χ1n) is 7.61.